The maximum Gasteiger partial charge on any atom is 0.290 e. The molecule has 2 aromatic carbocycles. The van der Waals surface area contributed by atoms with E-state index in [1.807, 2.05) is 45.0 Å². The van der Waals surface area contributed by atoms with E-state index in [4.69, 9.17) is 10.3 Å². The average Bonchev–Trinajstić information content (AvgIpc) is 3.42. The first-order valence-corrected chi connectivity index (χ1v) is 12.6. The normalized spacial score (nSPS) is 11.2. The first-order chi connectivity index (χ1) is 18.6. The molecule has 0 atom stereocenters. The Labute approximate surface area is 224 Å². The van der Waals surface area contributed by atoms with Gasteiger partial charge in [-0.25, -0.2) is 4.98 Å². The van der Waals surface area contributed by atoms with Gasteiger partial charge in [-0.15, -0.1) is 0 Å². The van der Waals surface area contributed by atoms with Gasteiger partial charge in [0.05, 0.1) is 11.1 Å². The van der Waals surface area contributed by atoms with Crippen molar-refractivity contribution in [1.29, 1.82) is 0 Å². The number of hydrogen-bond donors (Lipinski definition) is 2. The van der Waals surface area contributed by atoms with E-state index in [2.05, 4.69) is 20.9 Å². The second kappa shape index (κ2) is 9.75. The molecule has 3 heterocycles. The minimum Gasteiger partial charge on any atom is -0.381 e. The van der Waals surface area contributed by atoms with Gasteiger partial charge in [0.25, 0.3) is 11.5 Å². The summed E-state index contributed by atoms with van der Waals surface area (Å²) in [5, 5.41) is 3.80. The van der Waals surface area contributed by atoms with Gasteiger partial charge in [-0.05, 0) is 68.7 Å². The van der Waals surface area contributed by atoms with E-state index >= 15 is 0 Å². The number of carbonyl (C=O) groups is 2. The van der Waals surface area contributed by atoms with Gasteiger partial charge in [0.2, 0.25) is 5.91 Å². The molecule has 0 radical (unpaired) electrons. The summed E-state index contributed by atoms with van der Waals surface area (Å²) in [4.78, 5) is 42.3. The molecule has 0 aliphatic heterocycles. The Bertz CT molecular complexity index is 1820. The molecular weight excluding hydrogens is 494 g/mol. The van der Waals surface area contributed by atoms with E-state index in [1.165, 1.54) is 4.74 Å². The topological polar surface area (TPSA) is 125 Å². The van der Waals surface area contributed by atoms with Crippen molar-refractivity contribution in [2.75, 3.05) is 5.32 Å². The molecule has 3 aromatic heterocycles. The van der Waals surface area contributed by atoms with Crippen LogP contribution in [-0.4, -0.2) is 26.1 Å². The highest BCUT2D eigenvalue weighted by Gasteiger charge is 2.22. The summed E-state index contributed by atoms with van der Waals surface area (Å²) in [6.07, 6.45) is 0. The van der Waals surface area contributed by atoms with E-state index in [1.54, 1.807) is 38.2 Å². The molecule has 0 unspecified atom stereocenters. The summed E-state index contributed by atoms with van der Waals surface area (Å²) in [5.74, 6) is -0.394. The highest BCUT2D eigenvalue weighted by Crippen LogP contribution is 2.34. The fourth-order valence-electron chi connectivity index (χ4n) is 4.99. The third-order valence-electron chi connectivity index (χ3n) is 7.08. The summed E-state index contributed by atoms with van der Waals surface area (Å²) in [5.41, 5.74) is 11.9. The van der Waals surface area contributed by atoms with Crippen molar-refractivity contribution in [2.45, 2.75) is 34.2 Å². The molecule has 0 aliphatic rings. The number of pyridine rings is 1. The lowest BCUT2D eigenvalue weighted by Crippen LogP contribution is -2.17. The minimum atomic E-state index is -0.573. The predicted molar refractivity (Wildman–Crippen MR) is 151 cm³/mol. The van der Waals surface area contributed by atoms with Crippen LogP contribution in [0.1, 0.15) is 44.8 Å². The lowest BCUT2D eigenvalue weighted by Gasteiger charge is -2.13. The highest BCUT2D eigenvalue weighted by atomic mass is 16.5. The molecule has 2 amide bonds. The number of hydrogen-bond acceptors (Lipinski definition) is 5. The van der Waals surface area contributed by atoms with Gasteiger partial charge >= 0.3 is 0 Å². The summed E-state index contributed by atoms with van der Waals surface area (Å²) >= 11 is 0. The maximum atomic E-state index is 13.5. The fraction of sp³-hybridized carbons (Fsp3) is 0.200. The number of aromatic nitrogens is 3. The van der Waals surface area contributed by atoms with Crippen LogP contribution in [0.15, 0.2) is 63.9 Å². The van der Waals surface area contributed by atoms with Crippen molar-refractivity contribution >= 4 is 28.4 Å². The Morgan fingerprint density at radius 1 is 1.03 bits per heavy atom. The molecule has 0 bridgehead atoms. The van der Waals surface area contributed by atoms with Crippen molar-refractivity contribution in [3.05, 3.63) is 93.2 Å². The van der Waals surface area contributed by atoms with Crippen LogP contribution >= 0.6 is 0 Å². The van der Waals surface area contributed by atoms with E-state index in [9.17, 15) is 14.4 Å². The molecule has 0 aliphatic carbocycles. The fourth-order valence-corrected chi connectivity index (χ4v) is 4.99. The quantitative estimate of drug-likeness (QED) is 0.325. The number of amides is 2. The summed E-state index contributed by atoms with van der Waals surface area (Å²) in [6, 6.07) is 16.3. The van der Waals surface area contributed by atoms with Crippen LogP contribution in [0.3, 0.4) is 0 Å². The van der Waals surface area contributed by atoms with Gasteiger partial charge < -0.3 is 20.1 Å². The Hall–Kier alpha value is -4.92. The SMILES string of the molecule is CCn1c(-c2ccc(-c3c(C)on(C)c3=O)cc2)cc2c(C)c(C)nc(C(=O)Nc3cccc(C(N)=O)c3)c21. The number of nitrogens with one attached hydrogen (secondary N) is 1. The number of nitrogens with two attached hydrogens (primary N) is 1. The smallest absolute Gasteiger partial charge is 0.290 e. The zero-order valence-electron chi connectivity index (χ0n) is 22.5. The molecule has 5 aromatic rings. The molecule has 0 saturated heterocycles. The van der Waals surface area contributed by atoms with Crippen molar-refractivity contribution in [3.8, 4) is 22.4 Å². The van der Waals surface area contributed by atoms with Crippen LogP contribution in [0.25, 0.3) is 33.3 Å². The van der Waals surface area contributed by atoms with E-state index in [0.29, 0.717) is 34.8 Å². The van der Waals surface area contributed by atoms with Crippen LogP contribution in [0.2, 0.25) is 0 Å². The van der Waals surface area contributed by atoms with E-state index < -0.39 is 5.91 Å². The van der Waals surface area contributed by atoms with Crippen LogP contribution in [-0.2, 0) is 13.6 Å². The molecule has 0 fully saturated rings. The lowest BCUT2D eigenvalue weighted by molar-refractivity contribution is 0.0995. The van der Waals surface area contributed by atoms with Crippen molar-refractivity contribution in [3.63, 3.8) is 0 Å². The van der Waals surface area contributed by atoms with Gasteiger partial charge in [-0.3, -0.25) is 14.4 Å². The van der Waals surface area contributed by atoms with Crippen LogP contribution in [0.4, 0.5) is 5.69 Å². The third-order valence-corrected chi connectivity index (χ3v) is 7.08. The van der Waals surface area contributed by atoms with Gasteiger partial charge in [-0.2, -0.15) is 4.74 Å². The monoisotopic (exact) mass is 523 g/mol. The van der Waals surface area contributed by atoms with E-state index in [0.717, 1.165) is 39.0 Å². The largest absolute Gasteiger partial charge is 0.381 e. The number of nitrogens with zero attached hydrogens (tertiary/aromatic N) is 3. The number of primary amides is 1. The van der Waals surface area contributed by atoms with Crippen molar-refractivity contribution < 1.29 is 14.1 Å². The molecule has 3 N–H and O–H groups in total. The summed E-state index contributed by atoms with van der Waals surface area (Å²) in [6.45, 7) is 8.26. The van der Waals surface area contributed by atoms with E-state index in [-0.39, 0.29) is 11.5 Å². The minimum absolute atomic E-state index is 0.183. The first-order valence-electron chi connectivity index (χ1n) is 12.6. The Kier molecular flexibility index (Phi) is 6.43. The second-order valence-corrected chi connectivity index (χ2v) is 9.51. The van der Waals surface area contributed by atoms with Crippen LogP contribution < -0.4 is 16.6 Å². The molecule has 39 heavy (non-hydrogen) atoms. The number of anilines is 1. The lowest BCUT2D eigenvalue weighted by atomic mass is 10.0. The predicted octanol–water partition coefficient (Wildman–Crippen LogP) is 4.96. The average molecular weight is 524 g/mol. The van der Waals surface area contributed by atoms with Gasteiger partial charge in [0.15, 0.2) is 5.69 Å². The Morgan fingerprint density at radius 3 is 2.33 bits per heavy atom. The zero-order chi connectivity index (χ0) is 28.0. The van der Waals surface area contributed by atoms with Crippen LogP contribution in [0.5, 0.6) is 0 Å². The van der Waals surface area contributed by atoms with Crippen LogP contribution in [0, 0.1) is 20.8 Å². The van der Waals surface area contributed by atoms with Gasteiger partial charge in [-0.1, -0.05) is 30.3 Å². The van der Waals surface area contributed by atoms with Crippen molar-refractivity contribution in [2.24, 2.45) is 12.8 Å². The number of rotatable bonds is 6. The number of carbonyl (C=O) groups excluding carboxylic acids is 2. The maximum absolute atomic E-state index is 13.5. The second-order valence-electron chi connectivity index (χ2n) is 9.51. The number of aryl methyl sites for hydroxylation is 5. The van der Waals surface area contributed by atoms with Gasteiger partial charge in [0.1, 0.15) is 5.76 Å². The standard InChI is InChI=1S/C30H29N5O4/c1-6-35-24(19-10-12-20(13-11-19)25-18(4)39-34(5)30(25)38)15-23-16(2)17(3)32-26(27(23)35)29(37)33-22-9-7-8-21(14-22)28(31)36/h7-15H,6H2,1-5H3,(H2,31,36)(H,33,37). The molecular formula is C30H29N5O4. The molecule has 9 heteroatoms. The molecule has 5 rings (SSSR count). The molecule has 198 valence electrons. The summed E-state index contributed by atoms with van der Waals surface area (Å²) in [7, 11) is 1.59. The zero-order valence-corrected chi connectivity index (χ0v) is 22.5. The third kappa shape index (κ3) is 4.41. The molecule has 9 nitrogen and oxygen atoms in total. The molecule has 0 saturated carbocycles. The number of fused-ring (bicyclic) bond motifs is 1. The van der Waals surface area contributed by atoms with Crippen molar-refractivity contribution in [1.82, 2.24) is 14.3 Å². The summed E-state index contributed by atoms with van der Waals surface area (Å²) < 4.78 is 8.74. The Balaban J connectivity index is 1.60. The number of benzene rings is 2. The highest BCUT2D eigenvalue weighted by molar-refractivity contribution is 6.12. The van der Waals surface area contributed by atoms with Gasteiger partial charge in [0, 0.05) is 41.6 Å². The first kappa shape index (κ1) is 25.7. The Morgan fingerprint density at radius 2 is 1.72 bits per heavy atom. The molecule has 0 spiro atoms.